The molecule has 3 heterocycles. The lowest BCUT2D eigenvalue weighted by molar-refractivity contribution is 0.150. The monoisotopic (exact) mass is 535 g/mol. The molecule has 4 rings (SSSR count). The molecule has 3 aliphatic rings. The number of ether oxygens (including phenoxy) is 1. The second-order valence-corrected chi connectivity index (χ2v) is 13.8. The van der Waals surface area contributed by atoms with Crippen molar-refractivity contribution in [1.82, 2.24) is 13.5 Å². The minimum atomic E-state index is -3.58. The first-order valence-electron chi connectivity index (χ1n) is 12.1. The van der Waals surface area contributed by atoms with E-state index < -0.39 is 20.0 Å². The summed E-state index contributed by atoms with van der Waals surface area (Å²) in [7, 11) is -6.68. The Morgan fingerprint density at radius 2 is 1.76 bits per heavy atom. The van der Waals surface area contributed by atoms with Gasteiger partial charge in [0.05, 0.1) is 18.1 Å². The molecule has 11 heteroatoms. The van der Waals surface area contributed by atoms with Crippen molar-refractivity contribution in [2.24, 2.45) is 5.92 Å². The Balaban J connectivity index is 0.00000324. The number of fused-ring (bicyclic) bond motifs is 1. The van der Waals surface area contributed by atoms with Crippen LogP contribution < -0.4 is 4.74 Å². The Bertz CT molecular complexity index is 1030. The van der Waals surface area contributed by atoms with Gasteiger partial charge in [-0.1, -0.05) is 19.1 Å². The largest absolute Gasteiger partial charge is 0.493 e. The summed E-state index contributed by atoms with van der Waals surface area (Å²) in [6.07, 6.45) is 3.66. The van der Waals surface area contributed by atoms with Crippen LogP contribution in [0.4, 0.5) is 0 Å². The number of nitrogens with zero attached hydrogens (tertiary/aromatic N) is 3. The number of hydrogen-bond donors (Lipinski definition) is 0. The van der Waals surface area contributed by atoms with E-state index in [0.29, 0.717) is 25.0 Å². The number of halogens is 1. The molecule has 0 aromatic heterocycles. The van der Waals surface area contributed by atoms with Gasteiger partial charge < -0.3 is 9.64 Å². The highest BCUT2D eigenvalue weighted by molar-refractivity contribution is 7.91. The molecule has 1 unspecified atom stereocenters. The summed E-state index contributed by atoms with van der Waals surface area (Å²) in [4.78, 5) is 2.51. The van der Waals surface area contributed by atoms with E-state index in [0.717, 1.165) is 51.1 Å². The van der Waals surface area contributed by atoms with Gasteiger partial charge in [0.15, 0.2) is 9.84 Å². The van der Waals surface area contributed by atoms with Crippen LogP contribution in [0.2, 0.25) is 0 Å². The molecule has 1 atom stereocenters. The number of hydrogen-bond acceptors (Lipinski definition) is 6. The van der Waals surface area contributed by atoms with Crippen LogP contribution in [0.25, 0.3) is 0 Å². The van der Waals surface area contributed by atoms with Gasteiger partial charge in [-0.05, 0) is 55.8 Å². The fourth-order valence-electron chi connectivity index (χ4n) is 5.20. The average molecular weight is 536 g/mol. The van der Waals surface area contributed by atoms with Crippen molar-refractivity contribution in [2.75, 3.05) is 57.4 Å². The van der Waals surface area contributed by atoms with E-state index in [1.54, 1.807) is 4.31 Å². The Labute approximate surface area is 211 Å². The van der Waals surface area contributed by atoms with Gasteiger partial charge in [-0.15, -0.1) is 12.4 Å². The van der Waals surface area contributed by atoms with Crippen molar-refractivity contribution < 1.29 is 21.6 Å². The fourth-order valence-corrected chi connectivity index (χ4v) is 8.28. The average Bonchev–Trinajstić information content (AvgIpc) is 3.25. The van der Waals surface area contributed by atoms with Crippen LogP contribution in [-0.2, 0) is 32.9 Å². The van der Waals surface area contributed by atoms with E-state index in [4.69, 9.17) is 4.74 Å². The third-order valence-electron chi connectivity index (χ3n) is 7.34. The molecule has 8 nitrogen and oxygen atoms in total. The molecule has 194 valence electrons. The SMILES string of the molecule is CCN(CC1CCN(S(=O)(=O)N2CCS(=O)(=O)CC2)CC1)C(C)Cc1ccc2c(c1)CCO2.Cl. The maximum atomic E-state index is 13.0. The molecule has 3 aliphatic heterocycles. The zero-order chi connectivity index (χ0) is 23.6. The van der Waals surface area contributed by atoms with Crippen LogP contribution in [0.15, 0.2) is 18.2 Å². The number of likely N-dealkylation sites (N-methyl/N-ethyl adjacent to an activating group) is 1. The van der Waals surface area contributed by atoms with Gasteiger partial charge in [0.25, 0.3) is 10.2 Å². The third-order valence-corrected chi connectivity index (χ3v) is 11.0. The molecular formula is C23H38ClN3O5S2. The third kappa shape index (κ3) is 6.44. The van der Waals surface area contributed by atoms with Crippen LogP contribution in [0.1, 0.15) is 37.8 Å². The molecule has 0 N–H and O–H groups in total. The van der Waals surface area contributed by atoms with Gasteiger partial charge >= 0.3 is 0 Å². The Morgan fingerprint density at radius 1 is 1.12 bits per heavy atom. The van der Waals surface area contributed by atoms with Crippen molar-refractivity contribution in [3.63, 3.8) is 0 Å². The van der Waals surface area contributed by atoms with Gasteiger partial charge in [-0.3, -0.25) is 0 Å². The minimum Gasteiger partial charge on any atom is -0.493 e. The Kier molecular flexibility index (Phi) is 9.30. The van der Waals surface area contributed by atoms with Crippen LogP contribution >= 0.6 is 12.4 Å². The quantitative estimate of drug-likeness (QED) is 0.506. The highest BCUT2D eigenvalue weighted by Gasteiger charge is 2.36. The predicted octanol–water partition coefficient (Wildman–Crippen LogP) is 1.98. The lowest BCUT2D eigenvalue weighted by Gasteiger charge is -2.38. The van der Waals surface area contributed by atoms with E-state index >= 15 is 0 Å². The van der Waals surface area contributed by atoms with Crippen molar-refractivity contribution >= 4 is 32.5 Å². The maximum absolute atomic E-state index is 13.0. The molecule has 0 aliphatic carbocycles. The number of rotatable bonds is 8. The number of benzene rings is 1. The summed E-state index contributed by atoms with van der Waals surface area (Å²) in [6.45, 7) is 8.34. The van der Waals surface area contributed by atoms with Gasteiger partial charge in [0, 0.05) is 45.2 Å². The van der Waals surface area contributed by atoms with Crippen molar-refractivity contribution in [3.8, 4) is 5.75 Å². The van der Waals surface area contributed by atoms with Crippen LogP contribution in [0.3, 0.4) is 0 Å². The fraction of sp³-hybridized carbons (Fsp3) is 0.739. The summed E-state index contributed by atoms with van der Waals surface area (Å²) in [5, 5.41) is 0. The molecule has 34 heavy (non-hydrogen) atoms. The van der Waals surface area contributed by atoms with Crippen LogP contribution in [0, 0.1) is 5.92 Å². The molecule has 2 fully saturated rings. The lowest BCUT2D eigenvalue weighted by atomic mass is 9.96. The topological polar surface area (TPSA) is 87.2 Å². The summed E-state index contributed by atoms with van der Waals surface area (Å²) >= 11 is 0. The number of piperidine rings is 1. The highest BCUT2D eigenvalue weighted by Crippen LogP contribution is 2.28. The smallest absolute Gasteiger partial charge is 0.282 e. The molecule has 0 radical (unpaired) electrons. The standard InChI is InChI=1S/C23H37N3O5S2.ClH/c1-3-24(19(2)16-21-4-5-23-22(17-21)8-13-31-23)18-20-6-9-25(10-7-20)33(29,30)26-11-14-32(27,28)15-12-26;/h4-5,17,19-20H,3,6-16,18H2,1-2H3;1H. The van der Waals surface area contributed by atoms with Gasteiger partial charge in [-0.25, -0.2) is 8.42 Å². The second-order valence-electron chi connectivity index (χ2n) is 9.58. The van der Waals surface area contributed by atoms with Gasteiger partial charge in [-0.2, -0.15) is 17.0 Å². The zero-order valence-electron chi connectivity index (χ0n) is 20.2. The van der Waals surface area contributed by atoms with Crippen LogP contribution in [0.5, 0.6) is 5.75 Å². The van der Waals surface area contributed by atoms with E-state index in [-0.39, 0.29) is 37.0 Å². The summed E-state index contributed by atoms with van der Waals surface area (Å²) in [5.41, 5.74) is 2.65. The van der Waals surface area contributed by atoms with Crippen molar-refractivity contribution in [3.05, 3.63) is 29.3 Å². The first-order valence-corrected chi connectivity index (χ1v) is 15.3. The molecule has 1 aromatic rings. The normalized spacial score (nSPS) is 22.7. The zero-order valence-corrected chi connectivity index (χ0v) is 22.6. The van der Waals surface area contributed by atoms with E-state index in [1.807, 2.05) is 0 Å². The number of sulfone groups is 1. The molecule has 0 saturated carbocycles. The van der Waals surface area contributed by atoms with E-state index in [1.165, 1.54) is 15.4 Å². The summed E-state index contributed by atoms with van der Waals surface area (Å²) < 4.78 is 57.7. The second kappa shape index (κ2) is 11.4. The highest BCUT2D eigenvalue weighted by atomic mass is 35.5. The van der Waals surface area contributed by atoms with Crippen molar-refractivity contribution in [2.45, 2.75) is 45.6 Å². The molecule has 0 spiro atoms. The van der Waals surface area contributed by atoms with Gasteiger partial charge in [0.2, 0.25) is 0 Å². The summed E-state index contributed by atoms with van der Waals surface area (Å²) in [5.74, 6) is 1.33. The van der Waals surface area contributed by atoms with Crippen LogP contribution in [-0.4, -0.2) is 93.8 Å². The maximum Gasteiger partial charge on any atom is 0.282 e. The summed E-state index contributed by atoms with van der Waals surface area (Å²) in [6, 6.07) is 6.95. The first kappa shape index (κ1) is 27.7. The Morgan fingerprint density at radius 3 is 2.41 bits per heavy atom. The minimum absolute atomic E-state index is 0. The molecular weight excluding hydrogens is 498 g/mol. The molecule has 0 amide bonds. The molecule has 2 saturated heterocycles. The van der Waals surface area contributed by atoms with Gasteiger partial charge in [0.1, 0.15) is 5.75 Å². The molecule has 0 bridgehead atoms. The van der Waals surface area contributed by atoms with E-state index in [9.17, 15) is 16.8 Å². The predicted molar refractivity (Wildman–Crippen MR) is 137 cm³/mol. The first-order chi connectivity index (χ1) is 15.7. The molecule has 1 aromatic carbocycles. The van der Waals surface area contributed by atoms with E-state index in [2.05, 4.69) is 36.9 Å². The van der Waals surface area contributed by atoms with Crippen molar-refractivity contribution in [1.29, 1.82) is 0 Å². The lowest BCUT2D eigenvalue weighted by Crippen LogP contribution is -2.52. The Hall–Kier alpha value is -0.910.